The summed E-state index contributed by atoms with van der Waals surface area (Å²) in [5.74, 6) is -0.0638. The Morgan fingerprint density at radius 2 is 2.00 bits per heavy atom. The van der Waals surface area contributed by atoms with Gasteiger partial charge in [0.1, 0.15) is 5.75 Å². The third-order valence-corrected chi connectivity index (χ3v) is 3.86. The van der Waals surface area contributed by atoms with E-state index >= 15 is 0 Å². The van der Waals surface area contributed by atoms with E-state index in [0.29, 0.717) is 24.1 Å². The molecular formula is C15H21NO3. The summed E-state index contributed by atoms with van der Waals surface area (Å²) in [6.07, 6.45) is 2.34. The fourth-order valence-corrected chi connectivity index (χ4v) is 2.57. The third kappa shape index (κ3) is 3.96. The summed E-state index contributed by atoms with van der Waals surface area (Å²) in [5, 5.41) is 17.9. The van der Waals surface area contributed by atoms with Crippen molar-refractivity contribution in [3.8, 4) is 5.75 Å². The van der Waals surface area contributed by atoms with Crippen LogP contribution in [0.5, 0.6) is 5.75 Å². The van der Waals surface area contributed by atoms with Crippen molar-refractivity contribution in [3.05, 3.63) is 29.8 Å². The number of hydrogen-bond donors (Lipinski definition) is 2. The maximum Gasteiger partial charge on any atom is 0.303 e. The lowest BCUT2D eigenvalue weighted by Gasteiger charge is -2.42. The van der Waals surface area contributed by atoms with E-state index in [1.165, 1.54) is 5.56 Å². The minimum absolute atomic E-state index is 0.293. The van der Waals surface area contributed by atoms with Crippen LogP contribution >= 0.6 is 0 Å². The summed E-state index contributed by atoms with van der Waals surface area (Å²) in [6.45, 7) is 4.00. The van der Waals surface area contributed by atoms with Gasteiger partial charge in [0.25, 0.3) is 0 Å². The molecule has 1 atom stereocenters. The van der Waals surface area contributed by atoms with Crippen LogP contribution in [-0.2, 0) is 11.2 Å². The van der Waals surface area contributed by atoms with Gasteiger partial charge in [-0.2, -0.15) is 0 Å². The SMILES string of the molecule is CC(CCc1ccc(O)cc1)N1CC(CC(=O)O)C1. The number of phenolic OH excluding ortho intramolecular Hbond substituents is 1. The molecular weight excluding hydrogens is 242 g/mol. The van der Waals surface area contributed by atoms with Crippen molar-refractivity contribution in [2.45, 2.75) is 32.2 Å². The maximum absolute atomic E-state index is 10.6. The van der Waals surface area contributed by atoms with Crippen molar-refractivity contribution in [1.29, 1.82) is 0 Å². The second-order valence-electron chi connectivity index (χ2n) is 5.47. The zero-order valence-electron chi connectivity index (χ0n) is 11.2. The molecule has 1 aliphatic heterocycles. The van der Waals surface area contributed by atoms with Crippen LogP contribution in [-0.4, -0.2) is 40.2 Å². The van der Waals surface area contributed by atoms with Crippen LogP contribution in [0.2, 0.25) is 0 Å². The Morgan fingerprint density at radius 1 is 1.37 bits per heavy atom. The topological polar surface area (TPSA) is 60.8 Å². The zero-order valence-corrected chi connectivity index (χ0v) is 11.2. The highest BCUT2D eigenvalue weighted by Gasteiger charge is 2.31. The number of nitrogens with zero attached hydrogens (tertiary/aromatic N) is 1. The van der Waals surface area contributed by atoms with E-state index in [0.717, 1.165) is 25.9 Å². The van der Waals surface area contributed by atoms with Gasteiger partial charge in [0.15, 0.2) is 0 Å². The molecule has 0 spiro atoms. The molecule has 1 fully saturated rings. The Hall–Kier alpha value is -1.55. The van der Waals surface area contributed by atoms with Crippen molar-refractivity contribution in [1.82, 2.24) is 4.90 Å². The van der Waals surface area contributed by atoms with Gasteiger partial charge in [-0.25, -0.2) is 0 Å². The summed E-state index contributed by atoms with van der Waals surface area (Å²) in [4.78, 5) is 12.9. The van der Waals surface area contributed by atoms with E-state index < -0.39 is 5.97 Å². The van der Waals surface area contributed by atoms with E-state index in [1.807, 2.05) is 12.1 Å². The molecule has 104 valence electrons. The number of phenols is 1. The van der Waals surface area contributed by atoms with E-state index in [9.17, 15) is 9.90 Å². The zero-order chi connectivity index (χ0) is 13.8. The predicted octanol–water partition coefficient (Wildman–Crippen LogP) is 2.12. The number of aromatic hydroxyl groups is 1. The van der Waals surface area contributed by atoms with Crippen molar-refractivity contribution in [2.75, 3.05) is 13.1 Å². The Balaban J connectivity index is 1.70. The summed E-state index contributed by atoms with van der Waals surface area (Å²) in [7, 11) is 0. The number of carbonyl (C=O) groups is 1. The standard InChI is InChI=1S/C15H21NO3/c1-11(16-9-13(10-16)8-15(18)19)2-3-12-4-6-14(17)7-5-12/h4-7,11,13,17H,2-3,8-10H2,1H3,(H,18,19). The number of carboxylic acid groups (broad SMARTS) is 1. The van der Waals surface area contributed by atoms with E-state index in [-0.39, 0.29) is 0 Å². The van der Waals surface area contributed by atoms with Gasteiger partial charge in [0.2, 0.25) is 0 Å². The number of hydrogen-bond acceptors (Lipinski definition) is 3. The molecule has 19 heavy (non-hydrogen) atoms. The number of benzene rings is 1. The van der Waals surface area contributed by atoms with Gasteiger partial charge >= 0.3 is 5.97 Å². The van der Waals surface area contributed by atoms with E-state index in [2.05, 4.69) is 11.8 Å². The molecule has 4 nitrogen and oxygen atoms in total. The highest BCUT2D eigenvalue weighted by Crippen LogP contribution is 2.23. The monoisotopic (exact) mass is 263 g/mol. The fraction of sp³-hybridized carbons (Fsp3) is 0.533. The minimum atomic E-state index is -0.693. The largest absolute Gasteiger partial charge is 0.508 e. The van der Waals surface area contributed by atoms with Gasteiger partial charge < -0.3 is 10.2 Å². The van der Waals surface area contributed by atoms with Gasteiger partial charge in [-0.1, -0.05) is 12.1 Å². The lowest BCUT2D eigenvalue weighted by Crippen LogP contribution is -2.51. The number of aliphatic carboxylic acids is 1. The Bertz CT molecular complexity index is 424. The van der Waals surface area contributed by atoms with E-state index in [1.54, 1.807) is 12.1 Å². The van der Waals surface area contributed by atoms with Crippen LogP contribution in [0.4, 0.5) is 0 Å². The lowest BCUT2D eigenvalue weighted by atomic mass is 9.93. The van der Waals surface area contributed by atoms with Gasteiger partial charge in [-0.15, -0.1) is 0 Å². The number of carboxylic acids is 1. The number of rotatable bonds is 6. The molecule has 0 bridgehead atoms. The van der Waals surface area contributed by atoms with Crippen LogP contribution in [0, 0.1) is 5.92 Å². The second-order valence-corrected chi connectivity index (χ2v) is 5.47. The smallest absolute Gasteiger partial charge is 0.303 e. The van der Waals surface area contributed by atoms with Crippen LogP contribution in [0.1, 0.15) is 25.3 Å². The molecule has 0 saturated carbocycles. The van der Waals surface area contributed by atoms with Crippen molar-refractivity contribution >= 4 is 5.97 Å². The average Bonchev–Trinajstić information content (AvgIpc) is 2.32. The molecule has 0 aromatic heterocycles. The van der Waals surface area contributed by atoms with Gasteiger partial charge in [-0.3, -0.25) is 9.69 Å². The first-order valence-corrected chi connectivity index (χ1v) is 6.78. The van der Waals surface area contributed by atoms with Crippen molar-refractivity contribution in [3.63, 3.8) is 0 Å². The lowest BCUT2D eigenvalue weighted by molar-refractivity contribution is -0.139. The molecule has 1 aromatic carbocycles. The molecule has 0 aliphatic carbocycles. The molecule has 1 saturated heterocycles. The van der Waals surface area contributed by atoms with E-state index in [4.69, 9.17) is 5.11 Å². The van der Waals surface area contributed by atoms with Crippen LogP contribution in [0.15, 0.2) is 24.3 Å². The fourth-order valence-electron chi connectivity index (χ4n) is 2.57. The molecule has 0 radical (unpaired) electrons. The molecule has 1 unspecified atom stereocenters. The summed E-state index contributed by atoms with van der Waals surface area (Å²) < 4.78 is 0. The molecule has 2 rings (SSSR count). The van der Waals surface area contributed by atoms with Gasteiger partial charge in [-0.05, 0) is 43.4 Å². The molecule has 0 amide bonds. The summed E-state index contributed by atoms with van der Waals surface area (Å²) >= 11 is 0. The predicted molar refractivity (Wildman–Crippen MR) is 73.2 cm³/mol. The van der Waals surface area contributed by atoms with Crippen molar-refractivity contribution in [2.24, 2.45) is 5.92 Å². The van der Waals surface area contributed by atoms with Gasteiger partial charge in [0.05, 0.1) is 6.42 Å². The van der Waals surface area contributed by atoms with Gasteiger partial charge in [0, 0.05) is 19.1 Å². The number of likely N-dealkylation sites (tertiary alicyclic amines) is 1. The highest BCUT2D eigenvalue weighted by atomic mass is 16.4. The Morgan fingerprint density at radius 3 is 2.58 bits per heavy atom. The maximum atomic E-state index is 10.6. The van der Waals surface area contributed by atoms with Crippen LogP contribution in [0.3, 0.4) is 0 Å². The van der Waals surface area contributed by atoms with Crippen molar-refractivity contribution < 1.29 is 15.0 Å². The second kappa shape index (κ2) is 6.06. The third-order valence-electron chi connectivity index (χ3n) is 3.86. The molecule has 2 N–H and O–H groups in total. The average molecular weight is 263 g/mol. The first-order valence-electron chi connectivity index (χ1n) is 6.78. The quantitative estimate of drug-likeness (QED) is 0.825. The Kier molecular flexibility index (Phi) is 4.43. The molecule has 1 heterocycles. The first kappa shape index (κ1) is 13.9. The highest BCUT2D eigenvalue weighted by molar-refractivity contribution is 5.67. The first-order chi connectivity index (χ1) is 9.04. The normalized spacial score (nSPS) is 17.9. The molecule has 1 aliphatic rings. The van der Waals surface area contributed by atoms with Crippen LogP contribution < -0.4 is 0 Å². The molecule has 1 aromatic rings. The summed E-state index contributed by atoms with van der Waals surface area (Å²) in [5.41, 5.74) is 1.23. The summed E-state index contributed by atoms with van der Waals surface area (Å²) in [6, 6.07) is 7.81. The van der Waals surface area contributed by atoms with Crippen LogP contribution in [0.25, 0.3) is 0 Å². The Labute approximate surface area is 113 Å². The number of aryl methyl sites for hydroxylation is 1. The molecule has 4 heteroatoms. The minimum Gasteiger partial charge on any atom is -0.508 e.